The van der Waals surface area contributed by atoms with E-state index in [9.17, 15) is 0 Å². The topological polar surface area (TPSA) is 34.8 Å². The van der Waals surface area contributed by atoms with Gasteiger partial charge in [0.05, 0.1) is 17.0 Å². The number of rotatable bonds is 0. The van der Waals surface area contributed by atoms with Crippen LogP contribution in [-0.2, 0) is 5.41 Å². The Hall–Kier alpha value is -6.11. The second-order valence-corrected chi connectivity index (χ2v) is 12.9. The van der Waals surface area contributed by atoms with Gasteiger partial charge in [-0.3, -0.25) is 0 Å². The summed E-state index contributed by atoms with van der Waals surface area (Å²) in [6, 6.07) is 44.5. The smallest absolute Gasteiger partial charge is 0.380 e. The molecule has 0 radical (unpaired) electrons. The van der Waals surface area contributed by atoms with Gasteiger partial charge in [0.25, 0.3) is 5.69 Å². The van der Waals surface area contributed by atoms with E-state index in [0.717, 1.165) is 39.8 Å². The van der Waals surface area contributed by atoms with Gasteiger partial charge in [-0.1, -0.05) is 66.7 Å². The standard InChI is InChI=1S/C40H22N5O/c1-3-13-28-23(9-1)24-10-2-4-14-29(24)40(28)30-15-7-11-25-26-20-21-41-44-39(26)43(35(25)30)36-31(40)18-19-34-38(36)45(44)37-27(12-8-17-33(37)46-34)32-16-5-6-22-42(32)45/h1-22H/q+3. The highest BCUT2D eigenvalue weighted by Crippen LogP contribution is 2.66. The first kappa shape index (κ1) is 22.4. The molecule has 0 bridgehead atoms. The number of ether oxygens (including phenoxy) is 1. The molecule has 0 amide bonds. The molecule has 5 aliphatic rings. The third-order valence-electron chi connectivity index (χ3n) is 11.3. The van der Waals surface area contributed by atoms with E-state index in [1.165, 1.54) is 55.4 Å². The van der Waals surface area contributed by atoms with E-state index in [4.69, 9.17) is 9.84 Å². The summed E-state index contributed by atoms with van der Waals surface area (Å²) >= 11 is 0. The van der Waals surface area contributed by atoms with Crippen LogP contribution < -0.4 is 18.9 Å². The van der Waals surface area contributed by atoms with E-state index in [-0.39, 0.29) is 4.70 Å². The lowest BCUT2D eigenvalue weighted by atomic mass is 9.65. The molecule has 0 N–H and O–H groups in total. The normalized spacial score (nSPS) is 18.4. The molecule has 6 nitrogen and oxygen atoms in total. The minimum atomic E-state index is -0.509. The van der Waals surface area contributed by atoms with Gasteiger partial charge in [0.1, 0.15) is 15.9 Å². The monoisotopic (exact) mass is 588 g/mol. The van der Waals surface area contributed by atoms with Crippen molar-refractivity contribution in [2.24, 2.45) is 0 Å². The van der Waals surface area contributed by atoms with Crippen LogP contribution >= 0.6 is 0 Å². The number of fused-ring (bicyclic) bond motifs is 10. The van der Waals surface area contributed by atoms with Crippen molar-refractivity contribution >= 4 is 33.3 Å². The predicted molar refractivity (Wildman–Crippen MR) is 174 cm³/mol. The molecule has 6 heteroatoms. The zero-order valence-electron chi connectivity index (χ0n) is 24.3. The van der Waals surface area contributed by atoms with Gasteiger partial charge in [-0.05, 0) is 69.8 Å². The molecule has 4 aliphatic heterocycles. The highest BCUT2D eigenvalue weighted by atomic mass is 16.5. The number of aromatic nitrogens is 4. The number of para-hydroxylation sites is 2. The lowest BCUT2D eigenvalue weighted by molar-refractivity contribution is -1.05. The molecule has 0 fully saturated rings. The Labute approximate surface area is 262 Å². The molecular formula is C40H22N5O+3. The fourth-order valence-electron chi connectivity index (χ4n) is 9.86. The zero-order valence-corrected chi connectivity index (χ0v) is 24.3. The van der Waals surface area contributed by atoms with Crippen LogP contribution in [0.3, 0.4) is 0 Å². The first-order valence-corrected chi connectivity index (χ1v) is 15.8. The van der Waals surface area contributed by atoms with Gasteiger partial charge in [-0.2, -0.15) is 4.57 Å². The highest BCUT2D eigenvalue weighted by Gasteiger charge is 2.72. The molecule has 8 aromatic rings. The summed E-state index contributed by atoms with van der Waals surface area (Å²) in [5, 5.41) is 7.66. The van der Waals surface area contributed by atoms with Gasteiger partial charge in [-0.25, -0.2) is 0 Å². The van der Waals surface area contributed by atoms with E-state index in [1.54, 1.807) is 0 Å². The van der Waals surface area contributed by atoms with Gasteiger partial charge in [0.15, 0.2) is 10.5 Å². The first-order chi connectivity index (χ1) is 22.8. The lowest BCUT2D eigenvalue weighted by Crippen LogP contribution is -2.85. The number of hydrogen-bond donors (Lipinski definition) is 0. The Morgan fingerprint density at radius 2 is 1.35 bits per heavy atom. The minimum absolute atomic E-state index is 0.266. The van der Waals surface area contributed by atoms with Crippen molar-refractivity contribution in [2.45, 2.75) is 5.41 Å². The molecular weight excluding hydrogens is 566 g/mol. The number of hydrogen-bond acceptors (Lipinski definition) is 2. The van der Waals surface area contributed by atoms with Crippen LogP contribution in [0.1, 0.15) is 22.3 Å². The number of quaternary nitrogens is 1. The van der Waals surface area contributed by atoms with Crippen molar-refractivity contribution in [1.82, 2.24) is 14.4 Å². The van der Waals surface area contributed by atoms with Crippen molar-refractivity contribution in [3.8, 4) is 39.6 Å². The molecule has 3 aromatic heterocycles. The highest BCUT2D eigenvalue weighted by molar-refractivity contribution is 6.12. The maximum absolute atomic E-state index is 6.92. The Bertz CT molecular complexity index is 2740. The van der Waals surface area contributed by atoms with Crippen LogP contribution in [0, 0.1) is 0 Å². The van der Waals surface area contributed by atoms with Crippen LogP contribution in [-0.4, -0.2) is 9.67 Å². The van der Waals surface area contributed by atoms with E-state index < -0.39 is 5.41 Å². The summed E-state index contributed by atoms with van der Waals surface area (Å²) in [4.78, 5) is 2.23. The van der Waals surface area contributed by atoms with Crippen LogP contribution in [0.5, 0.6) is 11.5 Å². The zero-order chi connectivity index (χ0) is 29.5. The molecule has 210 valence electrons. The summed E-state index contributed by atoms with van der Waals surface area (Å²) in [5.74, 6) is 1.70. The molecule has 46 heavy (non-hydrogen) atoms. The molecule has 1 unspecified atom stereocenters. The third-order valence-corrected chi connectivity index (χ3v) is 11.3. The summed E-state index contributed by atoms with van der Waals surface area (Å²) in [7, 11) is 0. The molecule has 5 aromatic carbocycles. The Morgan fingerprint density at radius 1 is 0.609 bits per heavy atom. The summed E-state index contributed by atoms with van der Waals surface area (Å²) in [6.07, 6.45) is 4.16. The second-order valence-electron chi connectivity index (χ2n) is 12.9. The van der Waals surface area contributed by atoms with Crippen LogP contribution in [0.2, 0.25) is 0 Å². The van der Waals surface area contributed by atoms with E-state index in [2.05, 4.69) is 142 Å². The minimum Gasteiger partial charge on any atom is -0.444 e. The molecule has 1 atom stereocenters. The number of benzene rings is 5. The van der Waals surface area contributed by atoms with Crippen molar-refractivity contribution in [3.05, 3.63) is 156 Å². The SMILES string of the molecule is c1ccc2c(c1)-c1ccccc1C21c2ccc3c4c2-n2c5c1cccc5c1ccn[n+](c12)[N+]41c2c(cccc2-c2cccc[n+]21)O3. The van der Waals surface area contributed by atoms with E-state index >= 15 is 0 Å². The number of pyridine rings is 1. The number of nitrogens with zero attached hydrogens (tertiary/aromatic N) is 5. The van der Waals surface area contributed by atoms with Gasteiger partial charge >= 0.3 is 17.0 Å². The molecule has 1 aliphatic carbocycles. The predicted octanol–water partition coefficient (Wildman–Crippen LogP) is 7.40. The van der Waals surface area contributed by atoms with Gasteiger partial charge < -0.3 is 4.74 Å². The Morgan fingerprint density at radius 3 is 2.22 bits per heavy atom. The summed E-state index contributed by atoms with van der Waals surface area (Å²) in [6.45, 7) is 0. The van der Waals surface area contributed by atoms with Gasteiger partial charge in [0, 0.05) is 33.3 Å². The molecule has 0 saturated heterocycles. The molecule has 13 rings (SSSR count). The first-order valence-electron chi connectivity index (χ1n) is 15.8. The van der Waals surface area contributed by atoms with Crippen LogP contribution in [0.4, 0.5) is 11.4 Å². The maximum atomic E-state index is 6.92. The third kappa shape index (κ3) is 1.97. The molecule has 7 heterocycles. The maximum Gasteiger partial charge on any atom is 0.380 e. The Kier molecular flexibility index (Phi) is 3.37. The Balaban J connectivity index is 1.37. The quantitative estimate of drug-likeness (QED) is 0.137. The van der Waals surface area contributed by atoms with Crippen molar-refractivity contribution in [1.29, 1.82) is 0 Å². The summed E-state index contributed by atoms with van der Waals surface area (Å²) in [5.41, 5.74) is 15.3. The van der Waals surface area contributed by atoms with Crippen LogP contribution in [0.15, 0.2) is 134 Å². The van der Waals surface area contributed by atoms with E-state index in [0.29, 0.717) is 0 Å². The fraction of sp³-hybridized carbons (Fsp3) is 0.0250. The molecule has 0 saturated carbocycles. The average Bonchev–Trinajstić information content (AvgIpc) is 3.72. The fourth-order valence-corrected chi connectivity index (χ4v) is 9.86. The van der Waals surface area contributed by atoms with Crippen molar-refractivity contribution in [2.75, 3.05) is 0 Å². The van der Waals surface area contributed by atoms with Crippen molar-refractivity contribution in [3.63, 3.8) is 0 Å². The summed E-state index contributed by atoms with van der Waals surface area (Å²) < 4.78 is 12.1. The van der Waals surface area contributed by atoms with Crippen molar-refractivity contribution < 1.29 is 14.2 Å². The average molecular weight is 589 g/mol. The van der Waals surface area contributed by atoms with Crippen LogP contribution in [0.25, 0.3) is 50.0 Å². The second kappa shape index (κ2) is 6.91. The van der Waals surface area contributed by atoms with Gasteiger partial charge in [-0.15, -0.1) is 0 Å². The molecule has 2 spiro atoms. The lowest BCUT2D eigenvalue weighted by Gasteiger charge is -2.39. The largest absolute Gasteiger partial charge is 0.444 e. The van der Waals surface area contributed by atoms with Gasteiger partial charge in [0.2, 0.25) is 17.6 Å². The van der Waals surface area contributed by atoms with E-state index in [1.807, 2.05) is 6.20 Å².